The van der Waals surface area contributed by atoms with Crippen molar-refractivity contribution >= 4 is 33.3 Å². The zero-order valence-corrected chi connectivity index (χ0v) is 10.1. The van der Waals surface area contributed by atoms with Crippen molar-refractivity contribution in [2.75, 3.05) is 13.0 Å². The molecule has 0 bridgehead atoms. The van der Waals surface area contributed by atoms with Crippen molar-refractivity contribution in [3.05, 3.63) is 28.2 Å². The Morgan fingerprint density at radius 3 is 2.86 bits per heavy atom. The van der Waals surface area contributed by atoms with E-state index in [2.05, 4.69) is 15.9 Å². The minimum Gasteiger partial charge on any atom is -0.496 e. The third-order valence-corrected chi connectivity index (χ3v) is 2.64. The molecule has 0 fully saturated rings. The van der Waals surface area contributed by atoms with E-state index in [-0.39, 0.29) is 5.78 Å². The van der Waals surface area contributed by atoms with Crippen molar-refractivity contribution in [1.29, 1.82) is 0 Å². The van der Waals surface area contributed by atoms with Crippen LogP contribution in [-0.4, -0.2) is 18.8 Å². The number of hydrogen-bond donors (Lipinski definition) is 0. The number of Topliss-reactive ketones (excluding diaryl/α,β-unsaturated/α-hetero) is 1. The summed E-state index contributed by atoms with van der Waals surface area (Å²) in [5.74, 6) is 1.04. The molecule has 0 radical (unpaired) electrons. The number of rotatable bonds is 4. The Morgan fingerprint density at radius 1 is 1.57 bits per heavy atom. The van der Waals surface area contributed by atoms with Crippen LogP contribution in [0.15, 0.2) is 22.7 Å². The Hall–Kier alpha value is -0.540. The van der Waals surface area contributed by atoms with Gasteiger partial charge in [-0.1, -0.05) is 6.07 Å². The Morgan fingerprint density at radius 2 is 2.29 bits per heavy atom. The molecule has 0 amide bonds. The van der Waals surface area contributed by atoms with E-state index in [9.17, 15) is 4.79 Å². The first-order chi connectivity index (χ1) is 6.69. The van der Waals surface area contributed by atoms with Gasteiger partial charge in [0, 0.05) is 17.9 Å². The summed E-state index contributed by atoms with van der Waals surface area (Å²) in [7, 11) is 1.57. The molecule has 1 aromatic rings. The number of ketones is 1. The van der Waals surface area contributed by atoms with Crippen LogP contribution >= 0.6 is 27.5 Å². The topological polar surface area (TPSA) is 26.3 Å². The summed E-state index contributed by atoms with van der Waals surface area (Å²) >= 11 is 8.81. The number of alkyl halides is 1. The molecule has 0 atom stereocenters. The van der Waals surface area contributed by atoms with Crippen molar-refractivity contribution in [1.82, 2.24) is 0 Å². The van der Waals surface area contributed by atoms with Gasteiger partial charge in [-0.05, 0) is 28.1 Å². The van der Waals surface area contributed by atoms with E-state index < -0.39 is 0 Å². The van der Waals surface area contributed by atoms with E-state index in [1.165, 1.54) is 0 Å². The first kappa shape index (κ1) is 11.5. The van der Waals surface area contributed by atoms with Gasteiger partial charge in [0.1, 0.15) is 5.75 Å². The van der Waals surface area contributed by atoms with Gasteiger partial charge in [0.2, 0.25) is 0 Å². The van der Waals surface area contributed by atoms with Crippen molar-refractivity contribution in [2.24, 2.45) is 0 Å². The third-order valence-electron chi connectivity index (χ3n) is 1.79. The molecular formula is C10H10BrClO2. The van der Waals surface area contributed by atoms with E-state index in [4.69, 9.17) is 16.3 Å². The van der Waals surface area contributed by atoms with Gasteiger partial charge in [0.25, 0.3) is 0 Å². The maximum Gasteiger partial charge on any atom is 0.164 e. The monoisotopic (exact) mass is 276 g/mol. The molecule has 14 heavy (non-hydrogen) atoms. The molecule has 0 aliphatic carbocycles. The summed E-state index contributed by atoms with van der Waals surface area (Å²) in [4.78, 5) is 11.5. The van der Waals surface area contributed by atoms with E-state index >= 15 is 0 Å². The Kier molecular flexibility index (Phi) is 4.42. The number of methoxy groups -OCH3 is 1. The van der Waals surface area contributed by atoms with Gasteiger partial charge >= 0.3 is 0 Å². The second-order valence-corrected chi connectivity index (χ2v) is 3.94. The van der Waals surface area contributed by atoms with Gasteiger partial charge in [-0.15, -0.1) is 11.6 Å². The first-order valence-electron chi connectivity index (χ1n) is 4.11. The van der Waals surface area contributed by atoms with Crippen LogP contribution in [-0.2, 0) is 0 Å². The molecule has 0 aromatic heterocycles. The van der Waals surface area contributed by atoms with Gasteiger partial charge in [-0.25, -0.2) is 0 Å². The molecule has 0 saturated carbocycles. The van der Waals surface area contributed by atoms with Crippen molar-refractivity contribution < 1.29 is 9.53 Å². The van der Waals surface area contributed by atoms with Crippen LogP contribution in [0, 0.1) is 0 Å². The lowest BCUT2D eigenvalue weighted by Gasteiger charge is -2.05. The SMILES string of the molecule is COc1cc(C(=O)CCCl)ccc1Br. The summed E-state index contributed by atoms with van der Waals surface area (Å²) in [6, 6.07) is 5.25. The largest absolute Gasteiger partial charge is 0.496 e. The van der Waals surface area contributed by atoms with Crippen LogP contribution in [0.1, 0.15) is 16.8 Å². The van der Waals surface area contributed by atoms with Crippen LogP contribution in [0.2, 0.25) is 0 Å². The summed E-state index contributed by atoms with van der Waals surface area (Å²) in [5, 5.41) is 0. The number of ether oxygens (including phenoxy) is 1. The highest BCUT2D eigenvalue weighted by Crippen LogP contribution is 2.26. The number of hydrogen-bond acceptors (Lipinski definition) is 2. The quantitative estimate of drug-likeness (QED) is 0.624. The molecule has 0 aliphatic rings. The molecule has 0 saturated heterocycles. The average Bonchev–Trinajstić information content (AvgIpc) is 2.19. The predicted molar refractivity (Wildman–Crippen MR) is 60.4 cm³/mol. The van der Waals surface area contributed by atoms with Gasteiger partial charge in [-0.3, -0.25) is 4.79 Å². The summed E-state index contributed by atoms with van der Waals surface area (Å²) < 4.78 is 5.92. The number of carbonyl (C=O) groups is 1. The lowest BCUT2D eigenvalue weighted by molar-refractivity contribution is 0.0989. The van der Waals surface area contributed by atoms with E-state index in [1.807, 2.05) is 0 Å². The molecule has 4 heteroatoms. The lowest BCUT2D eigenvalue weighted by atomic mass is 10.1. The predicted octanol–water partition coefficient (Wildman–Crippen LogP) is 3.27. The van der Waals surface area contributed by atoms with Crippen LogP contribution in [0.5, 0.6) is 5.75 Å². The first-order valence-corrected chi connectivity index (χ1v) is 5.44. The van der Waals surface area contributed by atoms with E-state index in [1.54, 1.807) is 25.3 Å². The molecule has 0 heterocycles. The van der Waals surface area contributed by atoms with Crippen molar-refractivity contribution in [2.45, 2.75) is 6.42 Å². The number of benzene rings is 1. The Bertz CT molecular complexity index is 339. The molecule has 76 valence electrons. The fourth-order valence-electron chi connectivity index (χ4n) is 1.06. The zero-order valence-electron chi connectivity index (χ0n) is 7.72. The van der Waals surface area contributed by atoms with Crippen LogP contribution in [0.3, 0.4) is 0 Å². The minimum atomic E-state index is 0.0331. The molecule has 0 unspecified atom stereocenters. The average molecular weight is 278 g/mol. The molecule has 2 nitrogen and oxygen atoms in total. The van der Waals surface area contributed by atoms with Gasteiger partial charge in [0.05, 0.1) is 11.6 Å². The van der Waals surface area contributed by atoms with Crippen molar-refractivity contribution in [3.8, 4) is 5.75 Å². The molecule has 1 rings (SSSR count). The van der Waals surface area contributed by atoms with Crippen molar-refractivity contribution in [3.63, 3.8) is 0 Å². The lowest BCUT2D eigenvalue weighted by Crippen LogP contribution is -2.00. The summed E-state index contributed by atoms with van der Waals surface area (Å²) in [6.45, 7) is 0. The van der Waals surface area contributed by atoms with Crippen LogP contribution in [0.4, 0.5) is 0 Å². The molecular weight excluding hydrogens is 267 g/mol. The Labute approximate surface area is 96.3 Å². The van der Waals surface area contributed by atoms with E-state index in [0.29, 0.717) is 23.6 Å². The number of carbonyl (C=O) groups excluding carboxylic acids is 1. The Balaban J connectivity index is 2.94. The highest BCUT2D eigenvalue weighted by Gasteiger charge is 2.08. The highest BCUT2D eigenvalue weighted by molar-refractivity contribution is 9.10. The van der Waals surface area contributed by atoms with Crippen LogP contribution in [0.25, 0.3) is 0 Å². The summed E-state index contributed by atoms with van der Waals surface area (Å²) in [5.41, 5.74) is 0.630. The molecule has 0 spiro atoms. The van der Waals surface area contributed by atoms with Gasteiger partial charge in [-0.2, -0.15) is 0 Å². The zero-order chi connectivity index (χ0) is 10.6. The van der Waals surface area contributed by atoms with Gasteiger partial charge < -0.3 is 4.74 Å². The van der Waals surface area contributed by atoms with E-state index in [0.717, 1.165) is 4.47 Å². The normalized spacial score (nSPS) is 9.93. The maximum absolute atomic E-state index is 11.5. The second-order valence-electron chi connectivity index (χ2n) is 2.71. The van der Waals surface area contributed by atoms with Crippen LogP contribution < -0.4 is 4.74 Å². The standard InChI is InChI=1S/C10H10BrClO2/c1-14-10-6-7(2-3-8(10)11)9(13)4-5-12/h2-3,6H,4-5H2,1H3. The molecule has 0 N–H and O–H groups in total. The maximum atomic E-state index is 11.5. The van der Waals surface area contributed by atoms with Gasteiger partial charge in [0.15, 0.2) is 5.78 Å². The molecule has 0 aliphatic heterocycles. The smallest absolute Gasteiger partial charge is 0.164 e. The fourth-order valence-corrected chi connectivity index (χ4v) is 1.64. The highest BCUT2D eigenvalue weighted by atomic mass is 79.9. The second kappa shape index (κ2) is 5.37. The third kappa shape index (κ3) is 2.72. The minimum absolute atomic E-state index is 0.0331. The fraction of sp³-hybridized carbons (Fsp3) is 0.300. The molecule has 1 aromatic carbocycles. The number of halogens is 2. The summed E-state index contributed by atoms with van der Waals surface area (Å²) in [6.07, 6.45) is 0.354.